The third-order valence-electron chi connectivity index (χ3n) is 6.76. The molecule has 0 unspecified atom stereocenters. The van der Waals surface area contributed by atoms with Crippen LogP contribution in [0.2, 0.25) is 0 Å². The molecule has 1 fully saturated rings. The lowest BCUT2D eigenvalue weighted by Crippen LogP contribution is -2.46. The minimum atomic E-state index is 0.603. The Balaban J connectivity index is 1.29. The Bertz CT molecular complexity index is 1510. The summed E-state index contributed by atoms with van der Waals surface area (Å²) in [7, 11) is 4.89. The summed E-state index contributed by atoms with van der Waals surface area (Å²) in [5.74, 6) is 4.05. The molecule has 0 atom stereocenters. The molecule has 4 heterocycles. The maximum absolute atomic E-state index is 5.67. The summed E-state index contributed by atoms with van der Waals surface area (Å²) >= 11 is 0. The predicted octanol–water partition coefficient (Wildman–Crippen LogP) is 3.89. The molecule has 1 aliphatic rings. The largest absolute Gasteiger partial charge is 0.493 e. The molecule has 0 aliphatic carbocycles. The van der Waals surface area contributed by atoms with E-state index in [1.54, 1.807) is 27.6 Å². The van der Waals surface area contributed by atoms with Crippen LogP contribution in [0.25, 0.3) is 28.1 Å². The average molecular weight is 501 g/mol. The van der Waals surface area contributed by atoms with Crippen molar-refractivity contribution in [3.05, 3.63) is 60.4 Å². The number of ether oxygens (including phenoxy) is 3. The number of hydrogen-bond acceptors (Lipinski definition) is 9. The maximum atomic E-state index is 5.67. The molecule has 1 aliphatic heterocycles. The van der Waals surface area contributed by atoms with Crippen LogP contribution < -0.4 is 19.1 Å². The van der Waals surface area contributed by atoms with Gasteiger partial charge in [0.2, 0.25) is 17.5 Å². The third kappa shape index (κ3) is 4.09. The number of para-hydroxylation sites is 1. The molecule has 2 aromatic carbocycles. The number of hydrogen-bond donors (Lipinski definition) is 0. The van der Waals surface area contributed by atoms with Crippen molar-refractivity contribution in [3.8, 4) is 28.8 Å². The molecule has 10 heteroatoms. The van der Waals surface area contributed by atoms with E-state index in [0.717, 1.165) is 60.8 Å². The van der Waals surface area contributed by atoms with Crippen LogP contribution in [0.15, 0.2) is 59.2 Å². The van der Waals surface area contributed by atoms with E-state index in [4.69, 9.17) is 23.6 Å². The topological polar surface area (TPSA) is 90.4 Å². The molecule has 0 saturated carbocycles. The van der Waals surface area contributed by atoms with Crippen molar-refractivity contribution in [2.75, 3.05) is 52.4 Å². The molecule has 190 valence electrons. The number of furan rings is 1. The van der Waals surface area contributed by atoms with Gasteiger partial charge >= 0.3 is 0 Å². The normalized spacial score (nSPS) is 14.4. The summed E-state index contributed by atoms with van der Waals surface area (Å²) in [6, 6.07) is 15.8. The highest BCUT2D eigenvalue weighted by molar-refractivity contribution is 5.93. The number of methoxy groups -OCH3 is 3. The van der Waals surface area contributed by atoms with Gasteiger partial charge in [-0.2, -0.15) is 0 Å². The van der Waals surface area contributed by atoms with Gasteiger partial charge in [0.25, 0.3) is 0 Å². The highest BCUT2D eigenvalue weighted by Gasteiger charge is 2.25. The van der Waals surface area contributed by atoms with Gasteiger partial charge in [0, 0.05) is 38.1 Å². The monoisotopic (exact) mass is 500 g/mol. The molecule has 1 saturated heterocycles. The van der Waals surface area contributed by atoms with Crippen LogP contribution in [0.1, 0.15) is 5.56 Å². The summed E-state index contributed by atoms with van der Waals surface area (Å²) in [6.45, 7) is 4.12. The van der Waals surface area contributed by atoms with E-state index < -0.39 is 0 Å². The van der Waals surface area contributed by atoms with Gasteiger partial charge in [-0.15, -0.1) is 10.2 Å². The van der Waals surface area contributed by atoms with Crippen molar-refractivity contribution in [3.63, 3.8) is 0 Å². The second kappa shape index (κ2) is 9.62. The number of aromatic nitrogens is 4. The van der Waals surface area contributed by atoms with Crippen molar-refractivity contribution in [2.24, 2.45) is 0 Å². The van der Waals surface area contributed by atoms with E-state index in [2.05, 4.69) is 20.0 Å². The van der Waals surface area contributed by atoms with Crippen LogP contribution in [0.5, 0.6) is 17.2 Å². The predicted molar refractivity (Wildman–Crippen MR) is 140 cm³/mol. The van der Waals surface area contributed by atoms with Crippen LogP contribution >= 0.6 is 0 Å². The van der Waals surface area contributed by atoms with Crippen molar-refractivity contribution < 1.29 is 18.6 Å². The van der Waals surface area contributed by atoms with Crippen LogP contribution in [0, 0.1) is 0 Å². The molecular formula is C27H28N6O4. The number of fused-ring (bicyclic) bond motifs is 3. The Morgan fingerprint density at radius 1 is 0.865 bits per heavy atom. The molecule has 0 bridgehead atoms. The first kappa shape index (κ1) is 23.1. The van der Waals surface area contributed by atoms with Crippen molar-refractivity contribution in [1.29, 1.82) is 0 Å². The lowest BCUT2D eigenvalue weighted by atomic mass is 10.1. The molecular weight excluding hydrogens is 472 g/mol. The summed E-state index contributed by atoms with van der Waals surface area (Å²) in [4.78, 5) is 9.75. The second-order valence-corrected chi connectivity index (χ2v) is 8.89. The quantitative estimate of drug-likeness (QED) is 0.330. The molecule has 0 amide bonds. The number of anilines is 1. The van der Waals surface area contributed by atoms with Crippen LogP contribution in [-0.2, 0) is 6.54 Å². The first-order chi connectivity index (χ1) is 18.2. The molecule has 5 aromatic rings. The van der Waals surface area contributed by atoms with Gasteiger partial charge in [-0.05, 0) is 42.0 Å². The zero-order chi connectivity index (χ0) is 25.4. The van der Waals surface area contributed by atoms with E-state index in [-0.39, 0.29) is 0 Å². The fourth-order valence-corrected chi connectivity index (χ4v) is 4.93. The standard InChI is InChI=1S/C27H28N6O4/c1-34-22-15-18(16-23(35-2)24(22)36-3)17-31-10-12-32(13-11-31)27-28-20-8-5-4-7-19(20)25-29-30-26(33(25)27)21-9-6-14-37-21/h4-9,14-16H,10-13,17H2,1-3H3. The summed E-state index contributed by atoms with van der Waals surface area (Å²) in [5.41, 5.74) is 2.77. The van der Waals surface area contributed by atoms with E-state index in [9.17, 15) is 0 Å². The van der Waals surface area contributed by atoms with E-state index in [0.29, 0.717) is 28.8 Å². The Labute approximate surface area is 214 Å². The molecule has 10 nitrogen and oxygen atoms in total. The summed E-state index contributed by atoms with van der Waals surface area (Å²) in [5, 5.41) is 9.94. The highest BCUT2D eigenvalue weighted by Crippen LogP contribution is 2.38. The van der Waals surface area contributed by atoms with Gasteiger partial charge in [-0.1, -0.05) is 12.1 Å². The Morgan fingerprint density at radius 3 is 2.30 bits per heavy atom. The van der Waals surface area contributed by atoms with Gasteiger partial charge < -0.3 is 23.5 Å². The smallest absolute Gasteiger partial charge is 0.213 e. The fourth-order valence-electron chi connectivity index (χ4n) is 4.93. The van der Waals surface area contributed by atoms with E-state index in [1.165, 1.54) is 0 Å². The first-order valence-electron chi connectivity index (χ1n) is 12.1. The zero-order valence-corrected chi connectivity index (χ0v) is 21.0. The number of piperazine rings is 1. The molecule has 37 heavy (non-hydrogen) atoms. The van der Waals surface area contributed by atoms with Gasteiger partial charge in [-0.25, -0.2) is 9.38 Å². The lowest BCUT2D eigenvalue weighted by Gasteiger charge is -2.35. The van der Waals surface area contributed by atoms with Gasteiger partial charge in [-0.3, -0.25) is 4.90 Å². The molecule has 0 radical (unpaired) electrons. The van der Waals surface area contributed by atoms with Gasteiger partial charge in [0.15, 0.2) is 22.9 Å². The van der Waals surface area contributed by atoms with Crippen molar-refractivity contribution >= 4 is 22.5 Å². The Hall–Kier alpha value is -4.31. The minimum absolute atomic E-state index is 0.603. The van der Waals surface area contributed by atoms with Crippen molar-refractivity contribution in [2.45, 2.75) is 6.54 Å². The van der Waals surface area contributed by atoms with Crippen LogP contribution in [-0.4, -0.2) is 72.0 Å². The van der Waals surface area contributed by atoms with Crippen LogP contribution in [0.3, 0.4) is 0 Å². The number of rotatable bonds is 7. The Kier molecular flexibility index (Phi) is 6.01. The van der Waals surface area contributed by atoms with E-state index >= 15 is 0 Å². The first-order valence-corrected chi connectivity index (χ1v) is 12.1. The van der Waals surface area contributed by atoms with Gasteiger partial charge in [0.1, 0.15) is 0 Å². The third-order valence-corrected chi connectivity index (χ3v) is 6.76. The SMILES string of the molecule is COc1cc(CN2CCN(c3nc4ccccc4c4nnc(-c5ccco5)n34)CC2)cc(OC)c1OC. The molecule has 3 aromatic heterocycles. The van der Waals surface area contributed by atoms with Crippen molar-refractivity contribution in [1.82, 2.24) is 24.5 Å². The molecule has 0 N–H and O–H groups in total. The zero-order valence-electron chi connectivity index (χ0n) is 21.0. The average Bonchev–Trinajstić information content (AvgIpc) is 3.63. The van der Waals surface area contributed by atoms with E-state index in [1.807, 2.05) is 52.9 Å². The second-order valence-electron chi connectivity index (χ2n) is 8.89. The number of nitrogens with zero attached hydrogens (tertiary/aromatic N) is 6. The lowest BCUT2D eigenvalue weighted by molar-refractivity contribution is 0.247. The minimum Gasteiger partial charge on any atom is -0.493 e. The van der Waals surface area contributed by atoms with Crippen LogP contribution in [0.4, 0.5) is 5.95 Å². The summed E-state index contributed by atoms with van der Waals surface area (Å²) < 4.78 is 24.2. The Morgan fingerprint density at radius 2 is 1.62 bits per heavy atom. The van der Waals surface area contributed by atoms with Gasteiger partial charge in [0.05, 0.1) is 33.1 Å². The fraction of sp³-hybridized carbons (Fsp3) is 0.296. The summed E-state index contributed by atoms with van der Waals surface area (Å²) in [6.07, 6.45) is 1.65. The molecule has 6 rings (SSSR count). The maximum Gasteiger partial charge on any atom is 0.213 e. The number of benzene rings is 2. The molecule has 0 spiro atoms. The highest BCUT2D eigenvalue weighted by atomic mass is 16.5.